The van der Waals surface area contributed by atoms with Crippen LogP contribution in [0, 0.1) is 13.8 Å². The highest BCUT2D eigenvalue weighted by molar-refractivity contribution is 7.22. The third-order valence-corrected chi connectivity index (χ3v) is 7.09. The Morgan fingerprint density at radius 2 is 1.71 bits per heavy atom. The Labute approximate surface area is 195 Å². The molecular weight excluding hydrogens is 426 g/mol. The highest BCUT2D eigenvalue weighted by Gasteiger charge is 2.23. The fourth-order valence-corrected chi connectivity index (χ4v) is 5.20. The van der Waals surface area contributed by atoms with E-state index in [0.717, 1.165) is 46.7 Å². The number of fused-ring (bicyclic) bond motifs is 2. The zero-order chi connectivity index (χ0) is 21.3. The highest BCUT2D eigenvalue weighted by atomic mass is 35.5. The predicted molar refractivity (Wildman–Crippen MR) is 134 cm³/mol. The molecule has 166 valence electrons. The molecule has 3 aromatic rings. The highest BCUT2D eigenvalue weighted by Crippen LogP contribution is 2.32. The molecule has 4 nitrogen and oxygen atoms in total. The van der Waals surface area contributed by atoms with Crippen LogP contribution in [-0.2, 0) is 12.8 Å². The second-order valence-electron chi connectivity index (χ2n) is 8.70. The molecule has 0 unspecified atom stereocenters. The molecule has 0 bridgehead atoms. The lowest BCUT2D eigenvalue weighted by Gasteiger charge is -2.22. The van der Waals surface area contributed by atoms with Crippen molar-refractivity contribution in [3.63, 3.8) is 0 Å². The number of aryl methyl sites for hydroxylation is 4. The average Bonchev–Trinajstić information content (AvgIpc) is 3.12. The van der Waals surface area contributed by atoms with E-state index < -0.39 is 0 Å². The number of carbonyl (C=O) groups is 1. The lowest BCUT2D eigenvalue weighted by molar-refractivity contribution is 0.0986. The van der Waals surface area contributed by atoms with Crippen molar-refractivity contribution in [3.8, 4) is 0 Å². The lowest BCUT2D eigenvalue weighted by Crippen LogP contribution is -2.33. The van der Waals surface area contributed by atoms with E-state index in [4.69, 9.17) is 4.98 Å². The first-order valence-electron chi connectivity index (χ1n) is 10.9. The zero-order valence-electron chi connectivity index (χ0n) is 18.9. The number of carbonyl (C=O) groups excluding carboxylic acids is 1. The van der Waals surface area contributed by atoms with Crippen molar-refractivity contribution in [1.29, 1.82) is 0 Å². The minimum absolute atomic E-state index is 0. The molecule has 1 aliphatic carbocycles. The molecule has 0 atom stereocenters. The summed E-state index contributed by atoms with van der Waals surface area (Å²) >= 11 is 1.62. The molecule has 2 aromatic carbocycles. The molecule has 0 fully saturated rings. The molecule has 0 aliphatic heterocycles. The van der Waals surface area contributed by atoms with Crippen LogP contribution in [-0.4, -0.2) is 43.0 Å². The Morgan fingerprint density at radius 3 is 2.45 bits per heavy atom. The SMILES string of the molecule is Cc1cc2nc(N(CCCN(C)C)C(=O)c3ccc4c(c3)CCCC4)sc2cc1C.Cl. The zero-order valence-corrected chi connectivity index (χ0v) is 20.5. The van der Waals surface area contributed by atoms with Crippen LogP contribution in [0.4, 0.5) is 5.13 Å². The molecule has 0 saturated heterocycles. The molecule has 1 aliphatic rings. The standard InChI is InChI=1S/C25H31N3OS.ClH/c1-17-14-22-23(15-18(17)2)30-25(26-22)28(13-7-12-27(3)4)24(29)21-11-10-19-8-5-6-9-20(19)16-21;/h10-11,14-16H,5-9,12-13H2,1-4H3;1H. The van der Waals surface area contributed by atoms with Crippen molar-refractivity contribution < 1.29 is 4.79 Å². The van der Waals surface area contributed by atoms with E-state index in [1.54, 1.807) is 11.3 Å². The maximum atomic E-state index is 13.6. The monoisotopic (exact) mass is 457 g/mol. The van der Waals surface area contributed by atoms with E-state index in [2.05, 4.69) is 57.1 Å². The van der Waals surface area contributed by atoms with Gasteiger partial charge in [-0.25, -0.2) is 4.98 Å². The van der Waals surface area contributed by atoms with Gasteiger partial charge in [0.15, 0.2) is 5.13 Å². The predicted octanol–water partition coefficient (Wildman–Crippen LogP) is 5.81. The number of aromatic nitrogens is 1. The van der Waals surface area contributed by atoms with E-state index in [0.29, 0.717) is 6.54 Å². The van der Waals surface area contributed by atoms with Gasteiger partial charge < -0.3 is 4.90 Å². The number of nitrogens with zero attached hydrogens (tertiary/aromatic N) is 3. The van der Waals surface area contributed by atoms with E-state index in [1.807, 2.05) is 11.0 Å². The summed E-state index contributed by atoms with van der Waals surface area (Å²) in [6, 6.07) is 10.6. The van der Waals surface area contributed by atoms with Crippen molar-refractivity contribution in [2.24, 2.45) is 0 Å². The van der Waals surface area contributed by atoms with Crippen LogP contribution in [0.15, 0.2) is 30.3 Å². The first-order valence-corrected chi connectivity index (χ1v) is 11.7. The third-order valence-electron chi connectivity index (χ3n) is 6.05. The third kappa shape index (κ3) is 5.28. The summed E-state index contributed by atoms with van der Waals surface area (Å²) < 4.78 is 1.14. The summed E-state index contributed by atoms with van der Waals surface area (Å²) in [7, 11) is 4.14. The van der Waals surface area contributed by atoms with Crippen LogP contribution < -0.4 is 4.90 Å². The van der Waals surface area contributed by atoms with Crippen LogP contribution >= 0.6 is 23.7 Å². The second-order valence-corrected chi connectivity index (χ2v) is 9.71. The van der Waals surface area contributed by atoms with E-state index in [9.17, 15) is 4.79 Å². The van der Waals surface area contributed by atoms with Gasteiger partial charge in [-0.2, -0.15) is 0 Å². The first kappa shape index (κ1) is 23.7. The molecule has 1 aromatic heterocycles. The molecule has 4 rings (SSSR count). The lowest BCUT2D eigenvalue weighted by atomic mass is 9.90. The molecule has 1 heterocycles. The van der Waals surface area contributed by atoms with Crippen molar-refractivity contribution in [3.05, 3.63) is 58.1 Å². The minimum atomic E-state index is 0. The fourth-order valence-electron chi connectivity index (χ4n) is 4.13. The number of hydrogen-bond donors (Lipinski definition) is 0. The smallest absolute Gasteiger partial charge is 0.260 e. The molecule has 1 amide bonds. The number of hydrogen-bond acceptors (Lipinski definition) is 4. The van der Waals surface area contributed by atoms with Gasteiger partial charge in [-0.3, -0.25) is 9.69 Å². The van der Waals surface area contributed by atoms with Crippen LogP contribution in [0.3, 0.4) is 0 Å². The Balaban J connectivity index is 0.00000272. The molecule has 6 heteroatoms. The van der Waals surface area contributed by atoms with Crippen LogP contribution in [0.5, 0.6) is 0 Å². The normalized spacial score (nSPS) is 13.2. The Hall–Kier alpha value is -1.95. The van der Waals surface area contributed by atoms with Gasteiger partial charge in [-0.15, -0.1) is 12.4 Å². The van der Waals surface area contributed by atoms with E-state index in [1.165, 1.54) is 35.1 Å². The van der Waals surface area contributed by atoms with Crippen molar-refractivity contribution in [2.75, 3.05) is 32.1 Å². The molecule has 0 spiro atoms. The Bertz CT molecular complexity index is 1040. The molecule has 0 radical (unpaired) electrons. The van der Waals surface area contributed by atoms with Gasteiger partial charge in [0, 0.05) is 12.1 Å². The topological polar surface area (TPSA) is 36.4 Å². The number of thiazole rings is 1. The molecular formula is C25H32ClN3OS. The van der Waals surface area contributed by atoms with Crippen LogP contribution in [0.1, 0.15) is 51.9 Å². The summed E-state index contributed by atoms with van der Waals surface area (Å²) in [6.45, 7) is 5.85. The van der Waals surface area contributed by atoms with E-state index in [-0.39, 0.29) is 18.3 Å². The van der Waals surface area contributed by atoms with Crippen molar-refractivity contribution in [1.82, 2.24) is 9.88 Å². The number of anilines is 1. The summed E-state index contributed by atoms with van der Waals surface area (Å²) in [5, 5.41) is 0.802. The molecule has 31 heavy (non-hydrogen) atoms. The number of rotatable bonds is 6. The summed E-state index contributed by atoms with van der Waals surface area (Å²) in [6.07, 6.45) is 5.59. The van der Waals surface area contributed by atoms with Gasteiger partial charge >= 0.3 is 0 Å². The van der Waals surface area contributed by atoms with Crippen LogP contribution in [0.25, 0.3) is 10.2 Å². The van der Waals surface area contributed by atoms with E-state index >= 15 is 0 Å². The van der Waals surface area contributed by atoms with Gasteiger partial charge in [-0.05, 0) is 113 Å². The summed E-state index contributed by atoms with van der Waals surface area (Å²) in [5.74, 6) is 0.0645. The van der Waals surface area contributed by atoms with Crippen LogP contribution in [0.2, 0.25) is 0 Å². The van der Waals surface area contributed by atoms with Crippen molar-refractivity contribution >= 4 is 45.0 Å². The molecule has 0 N–H and O–H groups in total. The first-order chi connectivity index (χ1) is 14.4. The summed E-state index contributed by atoms with van der Waals surface area (Å²) in [5.41, 5.74) is 7.01. The average molecular weight is 458 g/mol. The fraction of sp³-hybridized carbons (Fsp3) is 0.440. The maximum Gasteiger partial charge on any atom is 0.260 e. The quantitative estimate of drug-likeness (QED) is 0.468. The number of amides is 1. The number of halogens is 1. The Kier molecular flexibility index (Phi) is 7.73. The number of benzene rings is 2. The largest absolute Gasteiger partial charge is 0.309 e. The summed E-state index contributed by atoms with van der Waals surface area (Å²) in [4.78, 5) is 22.5. The maximum absolute atomic E-state index is 13.6. The van der Waals surface area contributed by atoms with Gasteiger partial charge in [0.05, 0.1) is 10.2 Å². The van der Waals surface area contributed by atoms with Gasteiger partial charge in [-0.1, -0.05) is 17.4 Å². The Morgan fingerprint density at radius 1 is 1.00 bits per heavy atom. The molecule has 0 saturated carbocycles. The minimum Gasteiger partial charge on any atom is -0.309 e. The van der Waals surface area contributed by atoms with Gasteiger partial charge in [0.1, 0.15) is 0 Å². The van der Waals surface area contributed by atoms with Gasteiger partial charge in [0.25, 0.3) is 5.91 Å². The van der Waals surface area contributed by atoms with Gasteiger partial charge in [0.2, 0.25) is 0 Å². The van der Waals surface area contributed by atoms with Crippen molar-refractivity contribution in [2.45, 2.75) is 46.0 Å². The second kappa shape index (κ2) is 10.1.